The summed E-state index contributed by atoms with van der Waals surface area (Å²) in [5.74, 6) is 0.633. The highest BCUT2D eigenvalue weighted by Gasteiger charge is 2.33. The number of hydrogen-bond acceptors (Lipinski definition) is 5. The van der Waals surface area contributed by atoms with E-state index in [1.807, 2.05) is 18.2 Å². The Balaban J connectivity index is 1.62. The first kappa shape index (κ1) is 22.5. The van der Waals surface area contributed by atoms with Gasteiger partial charge in [0.1, 0.15) is 18.1 Å². The van der Waals surface area contributed by atoms with Crippen molar-refractivity contribution in [2.75, 3.05) is 46.1 Å². The molecule has 0 saturated carbocycles. The van der Waals surface area contributed by atoms with Crippen molar-refractivity contribution < 1.29 is 17.9 Å². The van der Waals surface area contributed by atoms with Crippen molar-refractivity contribution in [1.82, 2.24) is 9.21 Å². The predicted molar refractivity (Wildman–Crippen MR) is 119 cm³/mol. The van der Waals surface area contributed by atoms with Crippen molar-refractivity contribution in [2.24, 2.45) is 4.99 Å². The number of likely N-dealkylation sites (N-methyl/N-ethyl adjacent to an activating group) is 1. The third-order valence-electron chi connectivity index (χ3n) is 5.54. The maximum absolute atomic E-state index is 13.0. The molecule has 0 radical (unpaired) electrons. The second kappa shape index (κ2) is 8.51. The van der Waals surface area contributed by atoms with Gasteiger partial charge in [-0.1, -0.05) is 39.0 Å². The molecule has 3 rings (SSSR count). The highest BCUT2D eigenvalue weighted by molar-refractivity contribution is 7.88. The first-order valence-electron chi connectivity index (χ1n) is 10.2. The van der Waals surface area contributed by atoms with Gasteiger partial charge in [0.25, 0.3) is 5.91 Å². The second-order valence-electron chi connectivity index (χ2n) is 8.91. The van der Waals surface area contributed by atoms with Gasteiger partial charge in [-0.25, -0.2) is 8.42 Å². The third kappa shape index (κ3) is 4.92. The molecule has 1 aromatic rings. The number of hydrogen-bond donors (Lipinski definition) is 0. The number of para-hydroxylation sites is 1. The maximum atomic E-state index is 13.0. The van der Waals surface area contributed by atoms with Gasteiger partial charge < -0.3 is 9.64 Å². The van der Waals surface area contributed by atoms with Crippen LogP contribution in [0.5, 0.6) is 5.75 Å². The Morgan fingerprint density at radius 2 is 1.97 bits per heavy atom. The minimum absolute atomic E-state index is 0.0355. The van der Waals surface area contributed by atoms with Crippen LogP contribution in [0.1, 0.15) is 32.8 Å². The predicted octanol–water partition coefficient (Wildman–Crippen LogP) is 2.24. The number of carbonyl (C=O) groups excluding carboxylic acids is 1. The molecule has 0 spiro atoms. The fourth-order valence-corrected chi connectivity index (χ4v) is 4.52. The van der Waals surface area contributed by atoms with E-state index in [9.17, 15) is 13.2 Å². The molecule has 0 bridgehead atoms. The molecule has 0 aromatic heterocycles. The molecule has 2 aliphatic rings. The monoisotopic (exact) mass is 433 g/mol. The summed E-state index contributed by atoms with van der Waals surface area (Å²) in [6.07, 6.45) is 1.82. The Morgan fingerprint density at radius 3 is 2.63 bits per heavy atom. The first-order valence-corrected chi connectivity index (χ1v) is 12.0. The van der Waals surface area contributed by atoms with E-state index >= 15 is 0 Å². The van der Waals surface area contributed by atoms with Gasteiger partial charge in [0.05, 0.1) is 19.3 Å². The van der Waals surface area contributed by atoms with E-state index in [4.69, 9.17) is 4.74 Å². The smallest absolute Gasteiger partial charge is 0.272 e. The summed E-state index contributed by atoms with van der Waals surface area (Å²) in [6.45, 7) is 8.35. The Bertz CT molecular complexity index is 990. The Morgan fingerprint density at radius 1 is 1.27 bits per heavy atom. The first-order chi connectivity index (χ1) is 14.0. The Labute approximate surface area is 179 Å². The molecule has 7 nitrogen and oxygen atoms in total. The molecule has 8 heteroatoms. The van der Waals surface area contributed by atoms with Crippen molar-refractivity contribution >= 4 is 21.6 Å². The van der Waals surface area contributed by atoms with E-state index in [1.54, 1.807) is 11.9 Å². The summed E-state index contributed by atoms with van der Waals surface area (Å²) in [7, 11) is -1.57. The largest absolute Gasteiger partial charge is 0.491 e. The quantitative estimate of drug-likeness (QED) is 0.689. The van der Waals surface area contributed by atoms with Crippen molar-refractivity contribution in [3.05, 3.63) is 41.0 Å². The molecule has 1 aromatic carbocycles. The topological polar surface area (TPSA) is 79.3 Å². The van der Waals surface area contributed by atoms with E-state index < -0.39 is 10.0 Å². The Hall–Kier alpha value is -2.19. The van der Waals surface area contributed by atoms with E-state index in [0.717, 1.165) is 22.5 Å². The minimum Gasteiger partial charge on any atom is -0.491 e. The SMILES string of the molecule is CN(CCOc1ccccc1C(C)(C)C)C(=O)C1=NCC2=C1CN(S(C)(=O)=O)CC2. The van der Waals surface area contributed by atoms with Crippen molar-refractivity contribution in [2.45, 2.75) is 32.6 Å². The van der Waals surface area contributed by atoms with Crippen LogP contribution in [0.4, 0.5) is 0 Å². The summed E-state index contributed by atoms with van der Waals surface area (Å²) in [4.78, 5) is 19.0. The van der Waals surface area contributed by atoms with Crippen LogP contribution in [0.3, 0.4) is 0 Å². The van der Waals surface area contributed by atoms with Gasteiger partial charge in [-0.2, -0.15) is 4.31 Å². The normalized spacial score (nSPS) is 17.6. The molecule has 0 fully saturated rings. The minimum atomic E-state index is -3.30. The molecule has 0 atom stereocenters. The van der Waals surface area contributed by atoms with Crippen molar-refractivity contribution in [3.63, 3.8) is 0 Å². The zero-order valence-electron chi connectivity index (χ0n) is 18.4. The average Bonchev–Trinajstić information content (AvgIpc) is 3.09. The highest BCUT2D eigenvalue weighted by Crippen LogP contribution is 2.31. The number of sulfonamides is 1. The highest BCUT2D eigenvalue weighted by atomic mass is 32.2. The van der Waals surface area contributed by atoms with Crippen LogP contribution in [0, 0.1) is 0 Å². The number of amides is 1. The number of rotatable bonds is 6. The van der Waals surface area contributed by atoms with Crippen LogP contribution in [-0.4, -0.2) is 75.3 Å². The number of carbonyl (C=O) groups is 1. The van der Waals surface area contributed by atoms with Gasteiger partial charge in [0.15, 0.2) is 0 Å². The van der Waals surface area contributed by atoms with Gasteiger partial charge in [-0.3, -0.25) is 9.79 Å². The van der Waals surface area contributed by atoms with Crippen molar-refractivity contribution in [1.29, 1.82) is 0 Å². The lowest BCUT2D eigenvalue weighted by Crippen LogP contribution is -2.41. The van der Waals surface area contributed by atoms with Gasteiger partial charge in [0, 0.05) is 20.1 Å². The zero-order valence-corrected chi connectivity index (χ0v) is 19.3. The summed E-state index contributed by atoms with van der Waals surface area (Å²) in [5.41, 5.74) is 3.31. The molecule has 30 heavy (non-hydrogen) atoms. The molecule has 2 aliphatic heterocycles. The van der Waals surface area contributed by atoms with Crippen LogP contribution in [-0.2, 0) is 20.2 Å². The van der Waals surface area contributed by atoms with Gasteiger partial charge in [-0.15, -0.1) is 0 Å². The van der Waals surface area contributed by atoms with Crippen LogP contribution >= 0.6 is 0 Å². The number of nitrogens with zero attached hydrogens (tertiary/aromatic N) is 3. The number of benzene rings is 1. The van der Waals surface area contributed by atoms with Crippen LogP contribution in [0.2, 0.25) is 0 Å². The average molecular weight is 434 g/mol. The summed E-state index contributed by atoms with van der Waals surface area (Å²) in [6, 6.07) is 7.94. The van der Waals surface area contributed by atoms with Gasteiger partial charge >= 0.3 is 0 Å². The van der Waals surface area contributed by atoms with Crippen LogP contribution in [0.15, 0.2) is 40.4 Å². The maximum Gasteiger partial charge on any atom is 0.272 e. The lowest BCUT2D eigenvalue weighted by atomic mass is 9.86. The fraction of sp³-hybridized carbons (Fsp3) is 0.545. The van der Waals surface area contributed by atoms with E-state index in [2.05, 4.69) is 31.8 Å². The summed E-state index contributed by atoms with van der Waals surface area (Å²) < 4.78 is 31.2. The second-order valence-corrected chi connectivity index (χ2v) is 10.9. The molecule has 2 heterocycles. The molecular weight excluding hydrogens is 402 g/mol. The molecule has 0 N–H and O–H groups in total. The van der Waals surface area contributed by atoms with E-state index in [1.165, 1.54) is 10.6 Å². The molecule has 0 unspecified atom stereocenters. The summed E-state index contributed by atoms with van der Waals surface area (Å²) in [5, 5.41) is 0. The molecular formula is C22H31N3O4S. The van der Waals surface area contributed by atoms with Crippen LogP contribution in [0.25, 0.3) is 0 Å². The lowest BCUT2D eigenvalue weighted by molar-refractivity contribution is -0.123. The number of ether oxygens (including phenoxy) is 1. The van der Waals surface area contributed by atoms with Crippen molar-refractivity contribution in [3.8, 4) is 5.75 Å². The van der Waals surface area contributed by atoms with Gasteiger partial charge in [-0.05, 0) is 34.6 Å². The third-order valence-corrected chi connectivity index (χ3v) is 6.79. The lowest BCUT2D eigenvalue weighted by Gasteiger charge is -2.27. The van der Waals surface area contributed by atoms with Gasteiger partial charge in [0.2, 0.25) is 10.0 Å². The van der Waals surface area contributed by atoms with E-state index in [-0.39, 0.29) is 17.9 Å². The molecule has 0 saturated heterocycles. The molecule has 164 valence electrons. The molecule has 1 amide bonds. The van der Waals surface area contributed by atoms with E-state index in [0.29, 0.717) is 38.4 Å². The Kier molecular flexibility index (Phi) is 6.38. The molecule has 0 aliphatic carbocycles. The fourth-order valence-electron chi connectivity index (χ4n) is 3.73. The number of aliphatic imine (C=N–C) groups is 1. The summed E-state index contributed by atoms with van der Waals surface area (Å²) >= 11 is 0. The van der Waals surface area contributed by atoms with Crippen LogP contribution < -0.4 is 4.74 Å². The zero-order chi connectivity index (χ0) is 22.1. The standard InChI is InChI=1S/C22H31N3O4S/c1-22(2,3)18-8-6-7-9-19(18)29-13-12-24(4)21(26)20-17-15-25(30(5,27)28)11-10-16(17)14-23-20/h6-9H,10-15H2,1-5H3.